The van der Waals surface area contributed by atoms with Gasteiger partial charge in [0.1, 0.15) is 5.82 Å². The van der Waals surface area contributed by atoms with Gasteiger partial charge < -0.3 is 9.67 Å². The van der Waals surface area contributed by atoms with Crippen LogP contribution in [0.25, 0.3) is 10.9 Å². The highest BCUT2D eigenvalue weighted by Gasteiger charge is 2.07. The molecule has 1 N–H and O–H groups in total. The predicted molar refractivity (Wildman–Crippen MR) is 82.1 cm³/mol. The zero-order valence-electron chi connectivity index (χ0n) is 10.9. The van der Waals surface area contributed by atoms with Crippen LogP contribution in [-0.2, 0) is 6.54 Å². The minimum absolute atomic E-state index is 0.268. The lowest BCUT2D eigenvalue weighted by atomic mass is 10.1. The Morgan fingerprint density at radius 2 is 2.00 bits per heavy atom. The molecule has 0 radical (unpaired) electrons. The van der Waals surface area contributed by atoms with Crippen LogP contribution in [0.15, 0.2) is 53.1 Å². The van der Waals surface area contributed by atoms with E-state index in [0.29, 0.717) is 11.0 Å². The van der Waals surface area contributed by atoms with Gasteiger partial charge in [-0.2, -0.15) is 0 Å². The van der Waals surface area contributed by atoms with Crippen LogP contribution in [0.4, 0.5) is 4.39 Å². The summed E-state index contributed by atoms with van der Waals surface area (Å²) in [4.78, 5) is 11.0. The summed E-state index contributed by atoms with van der Waals surface area (Å²) >= 11 is 3.18. The SMILES string of the molecule is O=C(O)c1ccc2c(ccn2Cc2ccc(F)c(Br)c2)c1. The number of carboxylic acid groups (broad SMARTS) is 1. The van der Waals surface area contributed by atoms with Crippen molar-refractivity contribution < 1.29 is 14.3 Å². The molecule has 0 aliphatic carbocycles. The summed E-state index contributed by atoms with van der Waals surface area (Å²) in [7, 11) is 0. The van der Waals surface area contributed by atoms with E-state index in [1.165, 1.54) is 6.07 Å². The normalized spacial score (nSPS) is 11.0. The molecule has 0 bridgehead atoms. The maximum absolute atomic E-state index is 13.2. The molecule has 0 fully saturated rings. The maximum atomic E-state index is 13.2. The minimum Gasteiger partial charge on any atom is -0.478 e. The Morgan fingerprint density at radius 3 is 2.71 bits per heavy atom. The number of carboxylic acids is 1. The molecule has 0 aliphatic rings. The van der Waals surface area contributed by atoms with Gasteiger partial charge in [-0.3, -0.25) is 0 Å². The second-order valence-corrected chi connectivity index (χ2v) is 5.63. The minimum atomic E-state index is -0.938. The first-order valence-electron chi connectivity index (χ1n) is 6.31. The topological polar surface area (TPSA) is 42.2 Å². The number of nitrogens with zero attached hydrogens (tertiary/aromatic N) is 1. The van der Waals surface area contributed by atoms with Gasteiger partial charge >= 0.3 is 5.97 Å². The first-order chi connectivity index (χ1) is 10.0. The number of rotatable bonds is 3. The monoisotopic (exact) mass is 347 g/mol. The van der Waals surface area contributed by atoms with Crippen molar-refractivity contribution in [3.8, 4) is 0 Å². The lowest BCUT2D eigenvalue weighted by Crippen LogP contribution is -1.99. The molecule has 1 aromatic heterocycles. The third-order valence-corrected chi connectivity index (χ3v) is 3.96. The van der Waals surface area contributed by atoms with Crippen molar-refractivity contribution in [2.24, 2.45) is 0 Å². The number of benzene rings is 2. The van der Waals surface area contributed by atoms with E-state index in [2.05, 4.69) is 15.9 Å². The zero-order valence-corrected chi connectivity index (χ0v) is 12.5. The van der Waals surface area contributed by atoms with Crippen LogP contribution in [0.2, 0.25) is 0 Å². The first kappa shape index (κ1) is 13.8. The van der Waals surface area contributed by atoms with Crippen molar-refractivity contribution in [1.82, 2.24) is 4.57 Å². The second-order valence-electron chi connectivity index (χ2n) is 4.77. The standard InChI is InChI=1S/C16H11BrFNO2/c17-13-7-10(1-3-14(13)18)9-19-6-5-11-8-12(16(20)21)2-4-15(11)19/h1-8H,9H2,(H,20,21). The lowest BCUT2D eigenvalue weighted by molar-refractivity contribution is 0.0697. The molecule has 1 heterocycles. The average Bonchev–Trinajstić information content (AvgIpc) is 2.85. The van der Waals surface area contributed by atoms with Gasteiger partial charge in [-0.15, -0.1) is 0 Å². The number of hydrogen-bond acceptors (Lipinski definition) is 1. The van der Waals surface area contributed by atoms with Crippen molar-refractivity contribution in [3.63, 3.8) is 0 Å². The maximum Gasteiger partial charge on any atom is 0.335 e. The van der Waals surface area contributed by atoms with Gasteiger partial charge in [0, 0.05) is 23.6 Å². The van der Waals surface area contributed by atoms with Crippen molar-refractivity contribution in [2.75, 3.05) is 0 Å². The molecule has 5 heteroatoms. The van der Waals surface area contributed by atoms with Gasteiger partial charge in [0.2, 0.25) is 0 Å². The van der Waals surface area contributed by atoms with Crippen LogP contribution >= 0.6 is 15.9 Å². The molecule has 0 saturated carbocycles. The molecule has 0 spiro atoms. The van der Waals surface area contributed by atoms with E-state index in [4.69, 9.17) is 5.11 Å². The number of halogens is 2. The van der Waals surface area contributed by atoms with Crippen LogP contribution in [0.1, 0.15) is 15.9 Å². The van der Waals surface area contributed by atoms with E-state index < -0.39 is 5.97 Å². The van der Waals surface area contributed by atoms with E-state index in [9.17, 15) is 9.18 Å². The largest absolute Gasteiger partial charge is 0.478 e. The van der Waals surface area contributed by atoms with Crippen LogP contribution < -0.4 is 0 Å². The van der Waals surface area contributed by atoms with Crippen molar-refractivity contribution in [3.05, 3.63) is 70.1 Å². The average molecular weight is 348 g/mol. The summed E-state index contributed by atoms with van der Waals surface area (Å²) in [5.74, 6) is -1.23. The summed E-state index contributed by atoms with van der Waals surface area (Å²) in [6, 6.07) is 11.8. The van der Waals surface area contributed by atoms with E-state index in [1.807, 2.05) is 16.8 Å². The Bertz CT molecular complexity index is 841. The van der Waals surface area contributed by atoms with E-state index in [0.717, 1.165) is 16.5 Å². The fourth-order valence-corrected chi connectivity index (χ4v) is 2.73. The van der Waals surface area contributed by atoms with Gasteiger partial charge in [-0.25, -0.2) is 9.18 Å². The van der Waals surface area contributed by atoms with Gasteiger partial charge in [0.25, 0.3) is 0 Å². The third-order valence-electron chi connectivity index (χ3n) is 3.35. The van der Waals surface area contributed by atoms with Crippen LogP contribution in [-0.4, -0.2) is 15.6 Å². The second kappa shape index (κ2) is 5.33. The summed E-state index contributed by atoms with van der Waals surface area (Å²) in [6.45, 7) is 0.592. The summed E-state index contributed by atoms with van der Waals surface area (Å²) in [5.41, 5.74) is 2.17. The van der Waals surface area contributed by atoms with E-state index in [1.54, 1.807) is 30.3 Å². The molecule has 0 unspecified atom stereocenters. The highest BCUT2D eigenvalue weighted by atomic mass is 79.9. The number of carbonyl (C=O) groups is 1. The molecule has 0 saturated heterocycles. The number of hydrogen-bond donors (Lipinski definition) is 1. The fourth-order valence-electron chi connectivity index (χ4n) is 2.31. The molecule has 2 aromatic carbocycles. The quantitative estimate of drug-likeness (QED) is 0.767. The highest BCUT2D eigenvalue weighted by molar-refractivity contribution is 9.10. The molecular weight excluding hydrogens is 337 g/mol. The Balaban J connectivity index is 1.97. The summed E-state index contributed by atoms with van der Waals surface area (Å²) in [6.07, 6.45) is 1.90. The summed E-state index contributed by atoms with van der Waals surface area (Å²) in [5, 5.41) is 9.87. The number of aromatic nitrogens is 1. The van der Waals surface area contributed by atoms with Crippen LogP contribution in [0.5, 0.6) is 0 Å². The Hall–Kier alpha value is -2.14. The molecule has 21 heavy (non-hydrogen) atoms. The van der Waals surface area contributed by atoms with Crippen molar-refractivity contribution >= 4 is 32.8 Å². The molecule has 0 amide bonds. The lowest BCUT2D eigenvalue weighted by Gasteiger charge is -2.07. The Labute approximate surface area is 128 Å². The molecule has 3 aromatic rings. The third kappa shape index (κ3) is 2.69. The van der Waals surface area contributed by atoms with E-state index in [-0.39, 0.29) is 11.4 Å². The zero-order chi connectivity index (χ0) is 15.0. The molecule has 0 aliphatic heterocycles. The summed E-state index contributed by atoms with van der Waals surface area (Å²) < 4.78 is 15.7. The Kier molecular flexibility index (Phi) is 3.51. The van der Waals surface area contributed by atoms with Gasteiger partial charge in [-0.05, 0) is 57.9 Å². The fraction of sp³-hybridized carbons (Fsp3) is 0.0625. The van der Waals surface area contributed by atoms with Crippen LogP contribution in [0.3, 0.4) is 0 Å². The Morgan fingerprint density at radius 1 is 1.19 bits per heavy atom. The molecule has 3 rings (SSSR count). The molecular formula is C16H11BrFNO2. The van der Waals surface area contributed by atoms with Gasteiger partial charge in [-0.1, -0.05) is 6.07 Å². The molecule has 3 nitrogen and oxygen atoms in total. The van der Waals surface area contributed by atoms with Crippen molar-refractivity contribution in [2.45, 2.75) is 6.54 Å². The molecule has 0 atom stereocenters. The smallest absolute Gasteiger partial charge is 0.335 e. The predicted octanol–water partition coefficient (Wildman–Crippen LogP) is 4.29. The molecule has 106 valence electrons. The highest BCUT2D eigenvalue weighted by Crippen LogP contribution is 2.21. The van der Waals surface area contributed by atoms with Gasteiger partial charge in [0.05, 0.1) is 10.0 Å². The van der Waals surface area contributed by atoms with Gasteiger partial charge in [0.15, 0.2) is 0 Å². The number of aromatic carboxylic acids is 1. The van der Waals surface area contributed by atoms with E-state index >= 15 is 0 Å². The van der Waals surface area contributed by atoms with Crippen molar-refractivity contribution in [1.29, 1.82) is 0 Å². The number of fused-ring (bicyclic) bond motifs is 1. The van der Waals surface area contributed by atoms with Crippen LogP contribution in [0, 0.1) is 5.82 Å². The first-order valence-corrected chi connectivity index (χ1v) is 7.10.